The van der Waals surface area contributed by atoms with E-state index in [1.165, 1.54) is 0 Å². The summed E-state index contributed by atoms with van der Waals surface area (Å²) in [5, 5.41) is 9.21. The Kier molecular flexibility index (Phi) is 4.47. The summed E-state index contributed by atoms with van der Waals surface area (Å²) in [4.78, 5) is 11.4. The molecule has 0 aliphatic heterocycles. The molecule has 0 fully saturated rings. The largest absolute Gasteiger partial charge is 0.481 e. The third-order valence-corrected chi connectivity index (χ3v) is 5.12. The molecule has 0 aromatic heterocycles. The van der Waals surface area contributed by atoms with Crippen LogP contribution in [-0.2, 0) is 20.2 Å². The molecule has 2 N–H and O–H groups in total. The van der Waals surface area contributed by atoms with Gasteiger partial charge in [-0.05, 0) is 50.6 Å². The van der Waals surface area contributed by atoms with Crippen molar-refractivity contribution in [3.05, 3.63) is 59.7 Å². The maximum atomic E-state index is 12.3. The van der Waals surface area contributed by atoms with E-state index in [1.807, 2.05) is 6.92 Å². The monoisotopic (exact) mass is 333 g/mol. The minimum absolute atomic E-state index is 0.179. The minimum atomic E-state index is -3.66. The summed E-state index contributed by atoms with van der Waals surface area (Å²) < 4.78 is 27.1. The molecule has 0 amide bonds. The van der Waals surface area contributed by atoms with E-state index in [2.05, 4.69) is 4.72 Å². The number of carboxylic acid groups (broad SMARTS) is 1. The summed E-state index contributed by atoms with van der Waals surface area (Å²) in [6, 6.07) is 12.9. The first kappa shape index (κ1) is 17.0. The third-order valence-electron chi connectivity index (χ3n) is 3.72. The topological polar surface area (TPSA) is 83.5 Å². The molecule has 0 unspecified atom stereocenters. The van der Waals surface area contributed by atoms with Gasteiger partial charge in [0, 0.05) is 5.69 Å². The second-order valence-corrected chi connectivity index (χ2v) is 7.61. The highest BCUT2D eigenvalue weighted by Gasteiger charge is 2.29. The van der Waals surface area contributed by atoms with Crippen molar-refractivity contribution in [3.8, 4) is 0 Å². The molecule has 5 nitrogen and oxygen atoms in total. The summed E-state index contributed by atoms with van der Waals surface area (Å²) in [6.07, 6.45) is 0. The number of carboxylic acids is 1. The number of aryl methyl sites for hydroxylation is 1. The molecule has 0 spiro atoms. The highest BCUT2D eigenvalue weighted by molar-refractivity contribution is 7.92. The molecule has 2 rings (SSSR count). The van der Waals surface area contributed by atoms with Gasteiger partial charge in [-0.15, -0.1) is 0 Å². The fourth-order valence-corrected chi connectivity index (χ4v) is 3.07. The normalized spacial score (nSPS) is 12.0. The molecule has 0 bridgehead atoms. The van der Waals surface area contributed by atoms with Gasteiger partial charge in [-0.1, -0.05) is 29.8 Å². The van der Waals surface area contributed by atoms with Crippen molar-refractivity contribution in [1.82, 2.24) is 0 Å². The molecule has 0 radical (unpaired) electrons. The molecule has 2 aromatic carbocycles. The van der Waals surface area contributed by atoms with Crippen LogP contribution in [0, 0.1) is 6.92 Å². The fraction of sp³-hybridized carbons (Fsp3) is 0.235. The molecule has 0 aliphatic rings. The van der Waals surface area contributed by atoms with Gasteiger partial charge in [0.1, 0.15) is 0 Å². The van der Waals surface area contributed by atoms with Crippen molar-refractivity contribution in [2.45, 2.75) is 31.1 Å². The minimum Gasteiger partial charge on any atom is -0.481 e. The lowest BCUT2D eigenvalue weighted by Gasteiger charge is -2.20. The summed E-state index contributed by atoms with van der Waals surface area (Å²) in [6.45, 7) is 5.08. The second kappa shape index (κ2) is 6.04. The Bertz CT molecular complexity index is 807. The van der Waals surface area contributed by atoms with Crippen LogP contribution in [-0.4, -0.2) is 19.5 Å². The molecule has 122 valence electrons. The van der Waals surface area contributed by atoms with Gasteiger partial charge in [-0.3, -0.25) is 9.52 Å². The van der Waals surface area contributed by atoms with Gasteiger partial charge in [0.25, 0.3) is 10.0 Å². The first-order valence-electron chi connectivity index (χ1n) is 7.06. The van der Waals surface area contributed by atoms with Crippen molar-refractivity contribution in [2.24, 2.45) is 0 Å². The molecular formula is C17H19NO4S. The Morgan fingerprint density at radius 2 is 1.52 bits per heavy atom. The maximum Gasteiger partial charge on any atom is 0.313 e. The molecule has 0 aliphatic carbocycles. The molecule has 0 atom stereocenters. The Labute approximate surface area is 136 Å². The van der Waals surface area contributed by atoms with Gasteiger partial charge in [0.2, 0.25) is 0 Å². The van der Waals surface area contributed by atoms with Gasteiger partial charge in [0.15, 0.2) is 0 Å². The van der Waals surface area contributed by atoms with E-state index in [1.54, 1.807) is 62.4 Å². The SMILES string of the molecule is Cc1ccc(S(=O)(=O)Nc2ccc(C(C)(C)C(=O)O)cc2)cc1. The quantitative estimate of drug-likeness (QED) is 0.880. The standard InChI is InChI=1S/C17H19NO4S/c1-12-4-10-15(11-5-12)23(21,22)18-14-8-6-13(7-9-14)17(2,3)16(19)20/h4-11,18H,1-3H3,(H,19,20). The van der Waals surface area contributed by atoms with E-state index in [0.29, 0.717) is 11.3 Å². The van der Waals surface area contributed by atoms with Crippen LogP contribution < -0.4 is 4.72 Å². The number of anilines is 1. The number of sulfonamides is 1. The van der Waals surface area contributed by atoms with E-state index in [4.69, 9.17) is 0 Å². The van der Waals surface area contributed by atoms with Gasteiger partial charge < -0.3 is 5.11 Å². The van der Waals surface area contributed by atoms with Crippen molar-refractivity contribution in [2.75, 3.05) is 4.72 Å². The average molecular weight is 333 g/mol. The van der Waals surface area contributed by atoms with Crippen molar-refractivity contribution < 1.29 is 18.3 Å². The molecule has 2 aromatic rings. The summed E-state index contributed by atoms with van der Waals surface area (Å²) in [5.74, 6) is -0.939. The van der Waals surface area contributed by atoms with Crippen LogP contribution in [0.25, 0.3) is 0 Å². The van der Waals surface area contributed by atoms with Crippen LogP contribution in [0.5, 0.6) is 0 Å². The molecular weight excluding hydrogens is 314 g/mol. The van der Waals surface area contributed by atoms with E-state index < -0.39 is 21.4 Å². The molecule has 0 saturated carbocycles. The zero-order valence-corrected chi connectivity index (χ0v) is 14.0. The van der Waals surface area contributed by atoms with E-state index in [0.717, 1.165) is 5.56 Å². The summed E-state index contributed by atoms with van der Waals surface area (Å²) >= 11 is 0. The van der Waals surface area contributed by atoms with Crippen LogP contribution in [0.1, 0.15) is 25.0 Å². The Balaban J connectivity index is 2.24. The first-order chi connectivity index (χ1) is 10.6. The summed E-state index contributed by atoms with van der Waals surface area (Å²) in [5.41, 5.74) is 0.928. The predicted molar refractivity (Wildman–Crippen MR) is 89.1 cm³/mol. The number of nitrogens with one attached hydrogen (secondary N) is 1. The highest BCUT2D eigenvalue weighted by atomic mass is 32.2. The number of hydrogen-bond acceptors (Lipinski definition) is 3. The van der Waals surface area contributed by atoms with Crippen LogP contribution in [0.15, 0.2) is 53.4 Å². The Morgan fingerprint density at radius 1 is 1.00 bits per heavy atom. The summed E-state index contributed by atoms with van der Waals surface area (Å²) in [7, 11) is -3.66. The van der Waals surface area contributed by atoms with Crippen LogP contribution in [0.4, 0.5) is 5.69 Å². The number of hydrogen-bond donors (Lipinski definition) is 2. The van der Waals surface area contributed by atoms with Crippen LogP contribution >= 0.6 is 0 Å². The third kappa shape index (κ3) is 3.71. The van der Waals surface area contributed by atoms with Crippen LogP contribution in [0.2, 0.25) is 0 Å². The molecule has 0 saturated heterocycles. The van der Waals surface area contributed by atoms with Gasteiger partial charge in [-0.25, -0.2) is 8.42 Å². The Hall–Kier alpha value is -2.34. The van der Waals surface area contributed by atoms with Gasteiger partial charge >= 0.3 is 5.97 Å². The predicted octanol–water partition coefficient (Wildman–Crippen LogP) is 3.16. The number of benzene rings is 2. The lowest BCUT2D eigenvalue weighted by atomic mass is 9.85. The molecule has 23 heavy (non-hydrogen) atoms. The van der Waals surface area contributed by atoms with Gasteiger partial charge in [0.05, 0.1) is 10.3 Å². The molecule has 0 heterocycles. The zero-order valence-electron chi connectivity index (χ0n) is 13.2. The van der Waals surface area contributed by atoms with Crippen molar-refractivity contribution >= 4 is 21.7 Å². The maximum absolute atomic E-state index is 12.3. The number of carbonyl (C=O) groups is 1. The first-order valence-corrected chi connectivity index (χ1v) is 8.55. The van der Waals surface area contributed by atoms with Crippen molar-refractivity contribution in [3.63, 3.8) is 0 Å². The van der Waals surface area contributed by atoms with E-state index in [9.17, 15) is 18.3 Å². The van der Waals surface area contributed by atoms with Crippen molar-refractivity contribution in [1.29, 1.82) is 0 Å². The average Bonchev–Trinajstić information content (AvgIpc) is 2.47. The Morgan fingerprint density at radius 3 is 2.00 bits per heavy atom. The second-order valence-electron chi connectivity index (χ2n) is 5.93. The lowest BCUT2D eigenvalue weighted by molar-refractivity contribution is -0.142. The number of aliphatic carboxylic acids is 1. The van der Waals surface area contributed by atoms with E-state index >= 15 is 0 Å². The highest BCUT2D eigenvalue weighted by Crippen LogP contribution is 2.25. The van der Waals surface area contributed by atoms with Gasteiger partial charge in [-0.2, -0.15) is 0 Å². The lowest BCUT2D eigenvalue weighted by Crippen LogP contribution is -2.28. The fourth-order valence-electron chi connectivity index (χ4n) is 2.01. The molecule has 6 heteroatoms. The zero-order chi connectivity index (χ0) is 17.3. The van der Waals surface area contributed by atoms with Crippen LogP contribution in [0.3, 0.4) is 0 Å². The van der Waals surface area contributed by atoms with E-state index in [-0.39, 0.29) is 4.90 Å². The number of rotatable bonds is 5. The smallest absolute Gasteiger partial charge is 0.313 e.